The molecule has 10 heteroatoms. The summed E-state index contributed by atoms with van der Waals surface area (Å²) in [4.78, 5) is 20.4. The van der Waals surface area contributed by atoms with Crippen molar-refractivity contribution in [2.24, 2.45) is 0 Å². The Labute approximate surface area is 184 Å². The molecule has 0 amide bonds. The number of fused-ring (bicyclic) bond motifs is 1. The van der Waals surface area contributed by atoms with E-state index in [1.807, 2.05) is 12.1 Å². The molecule has 160 valence electrons. The van der Waals surface area contributed by atoms with E-state index in [0.29, 0.717) is 33.8 Å². The highest BCUT2D eigenvalue weighted by Gasteiger charge is 2.33. The largest absolute Gasteiger partial charge is 0.462 e. The lowest BCUT2D eigenvalue weighted by molar-refractivity contribution is 0.0531. The van der Waals surface area contributed by atoms with Crippen LogP contribution in [-0.4, -0.2) is 48.1 Å². The predicted octanol–water partition coefficient (Wildman–Crippen LogP) is 4.53. The standard InChI is InChI=1S/C20H22ClN3O4S2/c1-4-28-20(25)18-11(2)22-19(29-18)13-8-12-10-15(23-17(12)14(21)9-13)16-6-5-7-24(16)30(3,26)27/h8-10,16,23H,4-7H2,1-3H3. The first kappa shape index (κ1) is 21.3. The summed E-state index contributed by atoms with van der Waals surface area (Å²) in [6.07, 6.45) is 2.82. The molecule has 1 N–H and O–H groups in total. The number of benzene rings is 1. The van der Waals surface area contributed by atoms with Crippen LogP contribution in [0.25, 0.3) is 21.5 Å². The van der Waals surface area contributed by atoms with Gasteiger partial charge in [0.05, 0.1) is 35.1 Å². The zero-order valence-corrected chi connectivity index (χ0v) is 19.2. The van der Waals surface area contributed by atoms with Crippen LogP contribution in [0.3, 0.4) is 0 Å². The Kier molecular flexibility index (Phi) is 5.65. The molecule has 0 aliphatic carbocycles. The molecule has 1 aliphatic heterocycles. The van der Waals surface area contributed by atoms with Crippen molar-refractivity contribution in [2.75, 3.05) is 19.4 Å². The molecule has 2 aromatic heterocycles. The van der Waals surface area contributed by atoms with Crippen molar-refractivity contribution >= 4 is 49.8 Å². The molecule has 30 heavy (non-hydrogen) atoms. The normalized spacial score (nSPS) is 17.7. The summed E-state index contributed by atoms with van der Waals surface area (Å²) in [6, 6.07) is 5.49. The van der Waals surface area contributed by atoms with Gasteiger partial charge in [-0.3, -0.25) is 0 Å². The topological polar surface area (TPSA) is 92.4 Å². The second kappa shape index (κ2) is 7.96. The molecule has 1 fully saturated rings. The molecule has 0 bridgehead atoms. The summed E-state index contributed by atoms with van der Waals surface area (Å²) in [5.74, 6) is -0.378. The molecule has 3 heterocycles. The molecule has 1 aliphatic rings. The van der Waals surface area contributed by atoms with Gasteiger partial charge in [0.2, 0.25) is 10.0 Å². The number of carbonyl (C=O) groups excluding carboxylic acids is 1. The monoisotopic (exact) mass is 467 g/mol. The third kappa shape index (κ3) is 3.87. The fraction of sp³-hybridized carbons (Fsp3) is 0.400. The summed E-state index contributed by atoms with van der Waals surface area (Å²) >= 11 is 7.81. The second-order valence-electron chi connectivity index (χ2n) is 7.33. The molecule has 0 spiro atoms. The summed E-state index contributed by atoms with van der Waals surface area (Å²) in [5, 5.41) is 2.07. The molecule has 1 aromatic carbocycles. The first-order valence-corrected chi connectivity index (χ1v) is 12.7. The van der Waals surface area contributed by atoms with Crippen molar-refractivity contribution in [1.29, 1.82) is 0 Å². The van der Waals surface area contributed by atoms with Crippen molar-refractivity contribution in [2.45, 2.75) is 32.7 Å². The quantitative estimate of drug-likeness (QED) is 0.556. The average molecular weight is 468 g/mol. The Morgan fingerprint density at radius 2 is 2.17 bits per heavy atom. The number of aromatic amines is 1. The van der Waals surface area contributed by atoms with E-state index in [1.165, 1.54) is 21.9 Å². The Hall–Kier alpha value is -1.94. The van der Waals surface area contributed by atoms with E-state index in [9.17, 15) is 13.2 Å². The molecule has 0 radical (unpaired) electrons. The van der Waals surface area contributed by atoms with Gasteiger partial charge in [-0.2, -0.15) is 4.31 Å². The van der Waals surface area contributed by atoms with Gasteiger partial charge < -0.3 is 9.72 Å². The molecule has 3 aromatic rings. The maximum atomic E-state index is 12.1. The Morgan fingerprint density at radius 1 is 1.40 bits per heavy atom. The minimum absolute atomic E-state index is 0.218. The number of carbonyl (C=O) groups is 1. The maximum Gasteiger partial charge on any atom is 0.350 e. The first-order chi connectivity index (χ1) is 14.2. The van der Waals surface area contributed by atoms with E-state index in [-0.39, 0.29) is 12.0 Å². The van der Waals surface area contributed by atoms with E-state index in [1.54, 1.807) is 19.9 Å². The molecular weight excluding hydrogens is 446 g/mol. The van der Waals surface area contributed by atoms with Crippen LogP contribution in [0.5, 0.6) is 0 Å². The van der Waals surface area contributed by atoms with Crippen LogP contribution in [0.1, 0.15) is 46.9 Å². The van der Waals surface area contributed by atoms with Gasteiger partial charge in [-0.25, -0.2) is 18.2 Å². The average Bonchev–Trinajstić information content (AvgIpc) is 3.38. The van der Waals surface area contributed by atoms with E-state index < -0.39 is 10.0 Å². The van der Waals surface area contributed by atoms with Crippen LogP contribution in [-0.2, 0) is 14.8 Å². The number of hydrogen-bond acceptors (Lipinski definition) is 6. The summed E-state index contributed by atoms with van der Waals surface area (Å²) in [7, 11) is -3.29. The number of thiazole rings is 1. The van der Waals surface area contributed by atoms with Gasteiger partial charge in [0.15, 0.2) is 0 Å². The number of hydrogen-bond donors (Lipinski definition) is 1. The Bertz CT molecular complexity index is 1230. The highest BCUT2D eigenvalue weighted by atomic mass is 35.5. The number of aryl methyl sites for hydroxylation is 1. The summed E-state index contributed by atoms with van der Waals surface area (Å²) in [6.45, 7) is 4.37. The van der Waals surface area contributed by atoms with Crippen molar-refractivity contribution in [3.05, 3.63) is 39.5 Å². The zero-order valence-electron chi connectivity index (χ0n) is 16.9. The third-order valence-electron chi connectivity index (χ3n) is 5.19. The minimum Gasteiger partial charge on any atom is -0.462 e. The smallest absolute Gasteiger partial charge is 0.350 e. The Balaban J connectivity index is 1.73. The third-order valence-corrected chi connectivity index (χ3v) is 7.97. The number of esters is 1. The minimum atomic E-state index is -3.29. The van der Waals surface area contributed by atoms with E-state index in [2.05, 4.69) is 9.97 Å². The maximum absolute atomic E-state index is 12.1. The highest BCUT2D eigenvalue weighted by Crippen LogP contribution is 2.38. The fourth-order valence-corrected chi connectivity index (χ4v) is 6.24. The molecule has 7 nitrogen and oxygen atoms in total. The van der Waals surface area contributed by atoms with Gasteiger partial charge in [-0.1, -0.05) is 11.6 Å². The van der Waals surface area contributed by atoms with Crippen LogP contribution >= 0.6 is 22.9 Å². The van der Waals surface area contributed by atoms with E-state index in [0.717, 1.165) is 35.0 Å². The molecule has 1 atom stereocenters. The number of aromatic nitrogens is 2. The number of H-pyrrole nitrogens is 1. The van der Waals surface area contributed by atoms with E-state index >= 15 is 0 Å². The van der Waals surface area contributed by atoms with E-state index in [4.69, 9.17) is 16.3 Å². The molecular formula is C20H22ClN3O4S2. The van der Waals surface area contributed by atoms with Crippen molar-refractivity contribution < 1.29 is 17.9 Å². The van der Waals surface area contributed by atoms with Gasteiger partial charge in [0.1, 0.15) is 9.88 Å². The van der Waals surface area contributed by atoms with Crippen LogP contribution in [0.4, 0.5) is 0 Å². The number of sulfonamides is 1. The van der Waals surface area contributed by atoms with Gasteiger partial charge in [0, 0.05) is 23.2 Å². The van der Waals surface area contributed by atoms with Crippen LogP contribution in [0.2, 0.25) is 5.02 Å². The van der Waals surface area contributed by atoms with Gasteiger partial charge >= 0.3 is 5.97 Å². The lowest BCUT2D eigenvalue weighted by atomic mass is 10.1. The summed E-state index contributed by atoms with van der Waals surface area (Å²) in [5.41, 5.74) is 3.01. The lowest BCUT2D eigenvalue weighted by Crippen LogP contribution is -2.29. The zero-order chi connectivity index (χ0) is 21.6. The fourth-order valence-electron chi connectivity index (χ4n) is 3.88. The molecule has 0 saturated carbocycles. The van der Waals surface area contributed by atoms with Crippen LogP contribution in [0, 0.1) is 6.92 Å². The molecule has 4 rings (SSSR count). The highest BCUT2D eigenvalue weighted by molar-refractivity contribution is 7.88. The molecule has 1 unspecified atom stereocenters. The van der Waals surface area contributed by atoms with Crippen molar-refractivity contribution in [1.82, 2.24) is 14.3 Å². The number of nitrogens with zero attached hydrogens (tertiary/aromatic N) is 2. The van der Waals surface area contributed by atoms with Crippen molar-refractivity contribution in [3.8, 4) is 10.6 Å². The second-order valence-corrected chi connectivity index (χ2v) is 10.7. The SMILES string of the molecule is CCOC(=O)c1sc(-c2cc(Cl)c3[nH]c(C4CCCN4S(C)(=O)=O)cc3c2)nc1C. The van der Waals surface area contributed by atoms with Crippen LogP contribution in [0.15, 0.2) is 18.2 Å². The number of halogens is 1. The van der Waals surface area contributed by atoms with Gasteiger partial charge in [-0.05, 0) is 44.9 Å². The number of nitrogens with one attached hydrogen (secondary N) is 1. The van der Waals surface area contributed by atoms with Crippen LogP contribution < -0.4 is 0 Å². The van der Waals surface area contributed by atoms with Gasteiger partial charge in [0.25, 0.3) is 0 Å². The van der Waals surface area contributed by atoms with Crippen molar-refractivity contribution in [3.63, 3.8) is 0 Å². The number of ether oxygens (including phenoxy) is 1. The summed E-state index contributed by atoms with van der Waals surface area (Å²) < 4.78 is 30.9. The molecule has 1 saturated heterocycles. The predicted molar refractivity (Wildman–Crippen MR) is 119 cm³/mol. The lowest BCUT2D eigenvalue weighted by Gasteiger charge is -2.20. The Morgan fingerprint density at radius 3 is 2.87 bits per heavy atom. The van der Waals surface area contributed by atoms with Gasteiger partial charge in [-0.15, -0.1) is 11.3 Å². The number of rotatable bonds is 5. The first-order valence-electron chi connectivity index (χ1n) is 9.63.